The van der Waals surface area contributed by atoms with Crippen molar-refractivity contribution >= 4 is 10.0 Å². The Bertz CT molecular complexity index is 499. The molecule has 0 aliphatic heterocycles. The molecule has 0 radical (unpaired) electrons. The van der Waals surface area contributed by atoms with Gasteiger partial charge in [0.05, 0.1) is 12.4 Å². The average molecular weight is 293 g/mol. The van der Waals surface area contributed by atoms with E-state index in [-0.39, 0.29) is 24.0 Å². The lowest BCUT2D eigenvalue weighted by Crippen LogP contribution is -2.27. The second-order valence-electron chi connectivity index (χ2n) is 4.40. The van der Waals surface area contributed by atoms with Crippen LogP contribution in [0.25, 0.3) is 0 Å². The normalized spacial score (nSPS) is 13.3. The van der Waals surface area contributed by atoms with Crippen LogP contribution in [0.4, 0.5) is 8.78 Å². The molecule has 0 heterocycles. The molecule has 0 amide bonds. The molecule has 1 rings (SSSR count). The third kappa shape index (κ3) is 6.49. The van der Waals surface area contributed by atoms with Crippen LogP contribution in [0.3, 0.4) is 0 Å². The molecule has 0 saturated carbocycles. The molecule has 0 spiro atoms. The minimum absolute atomic E-state index is 0.0352. The van der Waals surface area contributed by atoms with Crippen molar-refractivity contribution in [1.29, 1.82) is 0 Å². The summed E-state index contributed by atoms with van der Waals surface area (Å²) in [6.45, 7) is 1.95. The van der Waals surface area contributed by atoms with Crippen LogP contribution < -0.4 is 9.88 Å². The van der Waals surface area contributed by atoms with Gasteiger partial charge in [0.15, 0.2) is 0 Å². The first-order chi connectivity index (χ1) is 8.80. The highest BCUT2D eigenvalue weighted by molar-refractivity contribution is 7.89. The van der Waals surface area contributed by atoms with Crippen molar-refractivity contribution in [3.8, 4) is 5.75 Å². The van der Waals surface area contributed by atoms with E-state index in [4.69, 9.17) is 9.88 Å². The quantitative estimate of drug-likeness (QED) is 0.836. The fourth-order valence-corrected chi connectivity index (χ4v) is 2.70. The summed E-state index contributed by atoms with van der Waals surface area (Å²) < 4.78 is 53.2. The summed E-state index contributed by atoms with van der Waals surface area (Å²) in [6.07, 6.45) is 1.37. The largest absolute Gasteiger partial charge is 0.493 e. The van der Waals surface area contributed by atoms with Crippen LogP contribution in [0.1, 0.15) is 19.8 Å². The topological polar surface area (TPSA) is 69.4 Å². The zero-order valence-corrected chi connectivity index (χ0v) is 11.4. The molecule has 0 aromatic heterocycles. The Morgan fingerprint density at radius 2 is 1.84 bits per heavy atom. The van der Waals surface area contributed by atoms with E-state index >= 15 is 0 Å². The molecule has 7 heteroatoms. The highest BCUT2D eigenvalue weighted by atomic mass is 32.2. The van der Waals surface area contributed by atoms with Crippen LogP contribution >= 0.6 is 0 Å². The van der Waals surface area contributed by atoms with Crippen LogP contribution in [0, 0.1) is 17.6 Å². The number of rotatable bonds is 7. The molecular weight excluding hydrogens is 276 g/mol. The summed E-state index contributed by atoms with van der Waals surface area (Å²) in [5.41, 5.74) is 0. The Hall–Kier alpha value is -1.21. The van der Waals surface area contributed by atoms with Crippen molar-refractivity contribution in [3.05, 3.63) is 29.8 Å². The van der Waals surface area contributed by atoms with Gasteiger partial charge in [0.1, 0.15) is 17.4 Å². The number of benzene rings is 1. The first-order valence-electron chi connectivity index (χ1n) is 5.89. The van der Waals surface area contributed by atoms with E-state index < -0.39 is 21.7 Å². The number of ether oxygens (including phenoxy) is 1. The summed E-state index contributed by atoms with van der Waals surface area (Å²) in [4.78, 5) is 0. The molecule has 19 heavy (non-hydrogen) atoms. The number of halogens is 2. The minimum Gasteiger partial charge on any atom is -0.493 e. The molecule has 0 bridgehead atoms. The molecule has 4 nitrogen and oxygen atoms in total. The number of primary sulfonamides is 1. The van der Waals surface area contributed by atoms with Crippen molar-refractivity contribution in [2.24, 2.45) is 11.1 Å². The van der Waals surface area contributed by atoms with Crippen molar-refractivity contribution in [1.82, 2.24) is 0 Å². The van der Waals surface area contributed by atoms with E-state index in [0.29, 0.717) is 6.42 Å². The van der Waals surface area contributed by atoms with E-state index in [2.05, 4.69) is 0 Å². The third-order valence-electron chi connectivity index (χ3n) is 2.49. The first-order valence-corrected chi connectivity index (χ1v) is 7.61. The maximum atomic E-state index is 12.9. The number of hydrogen-bond acceptors (Lipinski definition) is 3. The van der Waals surface area contributed by atoms with Crippen molar-refractivity contribution in [2.75, 3.05) is 12.4 Å². The van der Waals surface area contributed by atoms with Gasteiger partial charge in [0.25, 0.3) is 0 Å². The molecule has 0 saturated heterocycles. The number of sulfonamides is 1. The predicted octanol–water partition coefficient (Wildman–Crippen LogP) is 2.05. The Morgan fingerprint density at radius 1 is 1.26 bits per heavy atom. The van der Waals surface area contributed by atoms with Crippen LogP contribution in [0.5, 0.6) is 5.75 Å². The van der Waals surface area contributed by atoms with Gasteiger partial charge in [0, 0.05) is 24.1 Å². The molecule has 2 N–H and O–H groups in total. The van der Waals surface area contributed by atoms with Crippen molar-refractivity contribution in [3.63, 3.8) is 0 Å². The van der Waals surface area contributed by atoms with Crippen LogP contribution in [-0.4, -0.2) is 20.8 Å². The lowest BCUT2D eigenvalue weighted by molar-refractivity contribution is 0.250. The minimum atomic E-state index is -3.59. The predicted molar refractivity (Wildman–Crippen MR) is 68.2 cm³/mol. The van der Waals surface area contributed by atoms with Gasteiger partial charge in [-0.2, -0.15) is 0 Å². The van der Waals surface area contributed by atoms with Crippen molar-refractivity contribution < 1.29 is 21.9 Å². The maximum Gasteiger partial charge on any atom is 0.209 e. The highest BCUT2D eigenvalue weighted by Crippen LogP contribution is 2.17. The van der Waals surface area contributed by atoms with Crippen LogP contribution in [0.2, 0.25) is 0 Å². The molecule has 1 atom stereocenters. The van der Waals surface area contributed by atoms with E-state index in [1.807, 2.05) is 6.92 Å². The smallest absolute Gasteiger partial charge is 0.209 e. The Balaban J connectivity index is 2.65. The number of hydrogen-bond donors (Lipinski definition) is 1. The van der Waals surface area contributed by atoms with Crippen molar-refractivity contribution in [2.45, 2.75) is 19.8 Å². The summed E-state index contributed by atoms with van der Waals surface area (Å²) in [6, 6.07) is 2.83. The SMILES string of the molecule is CCCC(COc1cc(F)cc(F)c1)CS(N)(=O)=O. The lowest BCUT2D eigenvalue weighted by Gasteiger charge is -2.16. The van der Waals surface area contributed by atoms with Gasteiger partial charge >= 0.3 is 0 Å². The summed E-state index contributed by atoms with van der Waals surface area (Å²) in [5.74, 6) is -1.96. The standard InChI is InChI=1S/C12H17F2NO3S/c1-2-3-9(8-19(15,16)17)7-18-12-5-10(13)4-11(14)6-12/h4-6,9H,2-3,7-8H2,1H3,(H2,15,16,17). The van der Waals surface area contributed by atoms with E-state index in [9.17, 15) is 17.2 Å². The summed E-state index contributed by atoms with van der Waals surface area (Å²) in [7, 11) is -3.59. The zero-order chi connectivity index (χ0) is 14.5. The molecular formula is C12H17F2NO3S. The second kappa shape index (κ2) is 6.81. The Kier molecular flexibility index (Phi) is 5.68. The first kappa shape index (κ1) is 15.8. The maximum absolute atomic E-state index is 12.9. The Labute approximate surface area is 111 Å². The summed E-state index contributed by atoms with van der Waals surface area (Å²) >= 11 is 0. The molecule has 0 aliphatic rings. The van der Waals surface area contributed by atoms with Gasteiger partial charge in [-0.3, -0.25) is 0 Å². The van der Waals surface area contributed by atoms with Gasteiger partial charge in [0.2, 0.25) is 10.0 Å². The fourth-order valence-electron chi connectivity index (χ4n) is 1.78. The average Bonchev–Trinajstić information content (AvgIpc) is 2.23. The van der Waals surface area contributed by atoms with E-state index in [0.717, 1.165) is 24.6 Å². The third-order valence-corrected chi connectivity index (χ3v) is 3.42. The van der Waals surface area contributed by atoms with Gasteiger partial charge in [-0.1, -0.05) is 13.3 Å². The van der Waals surface area contributed by atoms with Gasteiger partial charge in [-0.25, -0.2) is 22.3 Å². The monoisotopic (exact) mass is 293 g/mol. The Morgan fingerprint density at radius 3 is 2.32 bits per heavy atom. The molecule has 0 aliphatic carbocycles. The van der Waals surface area contributed by atoms with E-state index in [1.165, 1.54) is 0 Å². The fraction of sp³-hybridized carbons (Fsp3) is 0.500. The highest BCUT2D eigenvalue weighted by Gasteiger charge is 2.16. The van der Waals surface area contributed by atoms with E-state index in [1.54, 1.807) is 0 Å². The molecule has 1 unspecified atom stereocenters. The van der Waals surface area contributed by atoms with Gasteiger partial charge in [-0.05, 0) is 6.42 Å². The zero-order valence-electron chi connectivity index (χ0n) is 10.6. The molecule has 1 aromatic carbocycles. The molecule has 108 valence electrons. The number of nitrogens with two attached hydrogens (primary N) is 1. The second-order valence-corrected chi connectivity index (χ2v) is 6.06. The lowest BCUT2D eigenvalue weighted by atomic mass is 10.1. The van der Waals surface area contributed by atoms with Gasteiger partial charge in [-0.15, -0.1) is 0 Å². The van der Waals surface area contributed by atoms with Crippen LogP contribution in [-0.2, 0) is 10.0 Å². The van der Waals surface area contributed by atoms with Gasteiger partial charge < -0.3 is 4.74 Å². The summed E-state index contributed by atoms with van der Waals surface area (Å²) in [5, 5.41) is 4.98. The molecule has 1 aromatic rings. The van der Waals surface area contributed by atoms with Crippen LogP contribution in [0.15, 0.2) is 18.2 Å². The molecule has 0 fully saturated rings.